The van der Waals surface area contributed by atoms with Crippen molar-refractivity contribution in [2.75, 3.05) is 14.2 Å². The molecule has 2 aromatic carbocycles. The highest BCUT2D eigenvalue weighted by Gasteiger charge is 2.22. The summed E-state index contributed by atoms with van der Waals surface area (Å²) in [5, 5.41) is 0. The van der Waals surface area contributed by atoms with Crippen LogP contribution in [-0.4, -0.2) is 14.2 Å². The van der Waals surface area contributed by atoms with Crippen LogP contribution in [0.15, 0.2) is 54.6 Å². The van der Waals surface area contributed by atoms with Gasteiger partial charge in [0.25, 0.3) is 5.92 Å². The zero-order valence-corrected chi connectivity index (χ0v) is 19.3. The van der Waals surface area contributed by atoms with E-state index >= 15 is 0 Å². The Morgan fingerprint density at radius 3 is 1.59 bits per heavy atom. The number of benzene rings is 2. The standard InChI is InChI=1S/C11H11O2.C8H8F2.3C2H6/c1-12-10-5-3-4-9(8-6-7-8)11(10)13-2;1-8(9,10)7-5-3-2-4-6-7;3*1-2/h3-7H,1-2H3;2-6H,1H3;3*1-2H3. The molecule has 1 aliphatic carbocycles. The van der Waals surface area contributed by atoms with Crippen molar-refractivity contribution in [1.82, 2.24) is 0 Å². The van der Waals surface area contributed by atoms with Gasteiger partial charge in [0.05, 0.1) is 14.2 Å². The Labute approximate surface area is 176 Å². The molecule has 4 heteroatoms. The Balaban J connectivity index is 0. The summed E-state index contributed by atoms with van der Waals surface area (Å²) in [6.07, 6.45) is 4.11. The molecule has 0 heterocycles. The zero-order chi connectivity index (χ0) is 22.9. The largest absolute Gasteiger partial charge is 0.493 e. The minimum atomic E-state index is -2.71. The monoisotopic (exact) mass is 407 g/mol. The molecule has 0 spiro atoms. The highest BCUT2D eigenvalue weighted by molar-refractivity contribution is 5.90. The summed E-state index contributed by atoms with van der Waals surface area (Å²) in [6.45, 7) is 12.9. The van der Waals surface area contributed by atoms with Crippen LogP contribution < -0.4 is 9.47 Å². The molecule has 0 fully saturated rings. The Morgan fingerprint density at radius 2 is 1.24 bits per heavy atom. The first kappa shape index (κ1) is 28.8. The maximum atomic E-state index is 12.5. The summed E-state index contributed by atoms with van der Waals surface area (Å²) in [4.78, 5) is 0. The van der Waals surface area contributed by atoms with Crippen LogP contribution in [-0.2, 0) is 5.92 Å². The average molecular weight is 408 g/mol. The van der Waals surface area contributed by atoms with E-state index in [0.29, 0.717) is 0 Å². The number of hydrogen-bond acceptors (Lipinski definition) is 2. The topological polar surface area (TPSA) is 18.5 Å². The van der Waals surface area contributed by atoms with Gasteiger partial charge in [0.2, 0.25) is 0 Å². The smallest absolute Gasteiger partial charge is 0.270 e. The zero-order valence-electron chi connectivity index (χ0n) is 19.3. The fourth-order valence-electron chi connectivity index (χ4n) is 2.07. The van der Waals surface area contributed by atoms with E-state index in [-0.39, 0.29) is 5.56 Å². The number of rotatable bonds is 4. The van der Waals surface area contributed by atoms with Crippen LogP contribution in [0, 0.1) is 6.42 Å². The second-order valence-electron chi connectivity index (χ2n) is 5.08. The summed E-state index contributed by atoms with van der Waals surface area (Å²) in [5.41, 5.74) is 2.38. The quantitative estimate of drug-likeness (QED) is 0.509. The second-order valence-corrected chi connectivity index (χ2v) is 5.08. The van der Waals surface area contributed by atoms with Crippen molar-refractivity contribution in [3.05, 3.63) is 72.2 Å². The molecule has 1 radical (unpaired) electrons. The van der Waals surface area contributed by atoms with E-state index < -0.39 is 5.92 Å². The van der Waals surface area contributed by atoms with E-state index in [4.69, 9.17) is 9.47 Å². The third-order valence-electron chi connectivity index (χ3n) is 3.33. The van der Waals surface area contributed by atoms with Crippen molar-refractivity contribution < 1.29 is 18.3 Å². The number of alkyl halides is 2. The number of halogens is 2. The van der Waals surface area contributed by atoms with Gasteiger partial charge in [-0.2, -0.15) is 0 Å². The molecule has 3 rings (SSSR count). The molecule has 2 nitrogen and oxygen atoms in total. The van der Waals surface area contributed by atoms with E-state index in [0.717, 1.165) is 24.0 Å². The summed E-state index contributed by atoms with van der Waals surface area (Å²) < 4.78 is 35.4. The van der Waals surface area contributed by atoms with Crippen molar-refractivity contribution in [3.63, 3.8) is 0 Å². The van der Waals surface area contributed by atoms with Crippen LogP contribution in [0.1, 0.15) is 59.6 Å². The summed E-state index contributed by atoms with van der Waals surface area (Å²) in [7, 11) is 3.30. The summed E-state index contributed by atoms with van der Waals surface area (Å²) in [5.74, 6) is -1.12. The lowest BCUT2D eigenvalue weighted by Gasteiger charge is -2.10. The van der Waals surface area contributed by atoms with E-state index in [1.165, 1.54) is 17.7 Å². The third kappa shape index (κ3) is 10.7. The van der Waals surface area contributed by atoms with Crippen LogP contribution in [0.25, 0.3) is 5.57 Å². The Bertz CT molecular complexity index is 675. The van der Waals surface area contributed by atoms with Gasteiger partial charge in [-0.3, -0.25) is 0 Å². The highest BCUT2D eigenvalue weighted by Crippen LogP contribution is 2.40. The van der Waals surface area contributed by atoms with E-state index in [1.807, 2.05) is 59.7 Å². The molecule has 0 N–H and O–H groups in total. The van der Waals surface area contributed by atoms with Crippen molar-refractivity contribution in [3.8, 4) is 11.5 Å². The van der Waals surface area contributed by atoms with Crippen molar-refractivity contribution in [1.29, 1.82) is 0 Å². The van der Waals surface area contributed by atoms with Gasteiger partial charge in [0.15, 0.2) is 11.5 Å². The highest BCUT2D eigenvalue weighted by atomic mass is 19.3. The normalized spacial score (nSPS) is 10.7. The minimum Gasteiger partial charge on any atom is -0.493 e. The molecule has 0 aromatic heterocycles. The number of allylic oxidation sites excluding steroid dienone is 2. The molecular weight excluding hydrogens is 370 g/mol. The number of hydrogen-bond donors (Lipinski definition) is 0. The van der Waals surface area contributed by atoms with Crippen LogP contribution in [0.2, 0.25) is 0 Å². The fraction of sp³-hybridized carbons (Fsp3) is 0.400. The first-order chi connectivity index (χ1) is 14.0. The fourth-order valence-corrected chi connectivity index (χ4v) is 2.07. The molecule has 163 valence electrons. The molecule has 0 saturated heterocycles. The molecule has 0 bridgehead atoms. The molecule has 2 aromatic rings. The SMILES string of the molecule is CC.CC.CC.CC(F)(F)c1ccccc1.COc1cccc(C2=C[CH]2)c1OC. The Hall–Kier alpha value is -2.36. The molecule has 0 atom stereocenters. The van der Waals surface area contributed by atoms with Gasteiger partial charge in [0.1, 0.15) is 0 Å². The first-order valence-electron chi connectivity index (χ1n) is 10.2. The number of ether oxygens (including phenoxy) is 2. The molecule has 29 heavy (non-hydrogen) atoms. The van der Waals surface area contributed by atoms with Gasteiger partial charge in [-0.25, -0.2) is 8.78 Å². The maximum Gasteiger partial charge on any atom is 0.270 e. The van der Waals surface area contributed by atoms with Crippen LogP contribution in [0.3, 0.4) is 0 Å². The van der Waals surface area contributed by atoms with Crippen LogP contribution in [0.4, 0.5) is 8.78 Å². The van der Waals surface area contributed by atoms with Gasteiger partial charge in [0, 0.05) is 24.5 Å². The predicted octanol–water partition coefficient (Wildman–Crippen LogP) is 8.18. The number of methoxy groups -OCH3 is 2. The van der Waals surface area contributed by atoms with E-state index in [1.54, 1.807) is 32.4 Å². The van der Waals surface area contributed by atoms with Gasteiger partial charge in [-0.05, 0) is 11.6 Å². The van der Waals surface area contributed by atoms with Crippen molar-refractivity contribution in [2.24, 2.45) is 0 Å². The van der Waals surface area contributed by atoms with Crippen molar-refractivity contribution in [2.45, 2.75) is 54.4 Å². The van der Waals surface area contributed by atoms with Crippen LogP contribution in [0.5, 0.6) is 11.5 Å². The molecule has 1 aliphatic rings. The molecule has 0 saturated carbocycles. The first-order valence-corrected chi connectivity index (χ1v) is 10.2. The van der Waals surface area contributed by atoms with Crippen molar-refractivity contribution >= 4 is 5.57 Å². The Kier molecular flexibility index (Phi) is 16.5. The van der Waals surface area contributed by atoms with Gasteiger partial charge >= 0.3 is 0 Å². The predicted molar refractivity (Wildman–Crippen MR) is 122 cm³/mol. The van der Waals surface area contributed by atoms with E-state index in [2.05, 4.69) is 12.5 Å². The lowest BCUT2D eigenvalue weighted by Crippen LogP contribution is -2.05. The molecular formula is C25H37F2O2. The average Bonchev–Trinajstić information content (AvgIpc) is 3.63. The molecule has 0 amide bonds. The van der Waals surface area contributed by atoms with E-state index in [9.17, 15) is 8.78 Å². The second kappa shape index (κ2) is 16.6. The van der Waals surface area contributed by atoms with Crippen LogP contribution >= 0.6 is 0 Å². The van der Waals surface area contributed by atoms with Gasteiger partial charge in [-0.15, -0.1) is 0 Å². The molecule has 0 unspecified atom stereocenters. The van der Waals surface area contributed by atoms with Gasteiger partial charge in [-0.1, -0.05) is 90.1 Å². The lowest BCUT2D eigenvalue weighted by molar-refractivity contribution is 0.0175. The maximum absolute atomic E-state index is 12.5. The third-order valence-corrected chi connectivity index (χ3v) is 3.33. The number of para-hydroxylation sites is 1. The van der Waals surface area contributed by atoms with Gasteiger partial charge < -0.3 is 9.47 Å². The summed E-state index contributed by atoms with van der Waals surface area (Å²) >= 11 is 0. The Morgan fingerprint density at radius 1 is 0.724 bits per heavy atom. The molecule has 0 aliphatic heterocycles. The lowest BCUT2D eigenvalue weighted by atomic mass is 10.1. The minimum absolute atomic E-state index is 0.0648. The summed E-state index contributed by atoms with van der Waals surface area (Å²) in [6, 6.07) is 13.6.